The van der Waals surface area contributed by atoms with Crippen molar-refractivity contribution in [2.75, 3.05) is 19.8 Å². The van der Waals surface area contributed by atoms with Gasteiger partial charge in [0.05, 0.1) is 13.2 Å². The number of carbonyl (C=O) groups is 2. The first-order valence-electron chi connectivity index (χ1n) is 12.6. The van der Waals surface area contributed by atoms with E-state index in [1.807, 2.05) is 0 Å². The molecule has 5 aliphatic carbocycles. The van der Waals surface area contributed by atoms with Crippen molar-refractivity contribution < 1.29 is 55.0 Å². The Morgan fingerprint density at radius 3 is 2.36 bits per heavy atom. The second kappa shape index (κ2) is 9.40. The van der Waals surface area contributed by atoms with Gasteiger partial charge < -0.3 is 23.7 Å². The zero-order valence-electron chi connectivity index (χ0n) is 19.9. The van der Waals surface area contributed by atoms with E-state index in [0.29, 0.717) is 38.7 Å². The highest BCUT2D eigenvalue weighted by Gasteiger charge is 2.61. The molecule has 1 saturated heterocycles. The normalized spacial score (nSPS) is 37.2. The van der Waals surface area contributed by atoms with Gasteiger partial charge >= 0.3 is 27.3 Å². The fourth-order valence-corrected chi connectivity index (χ4v) is 7.37. The molecule has 1 heterocycles. The van der Waals surface area contributed by atoms with Crippen molar-refractivity contribution >= 4 is 22.1 Å². The SMILES string of the molecule is O=C(COCC1COC2(CCCCC2)O1)OC12CC3CC(C1)C(OC(=O)C(F)(F)S(=O)(=O)O)C(C3)C2. The van der Waals surface area contributed by atoms with Crippen molar-refractivity contribution in [3.05, 3.63) is 0 Å². The first kappa shape index (κ1) is 26.2. The number of halogens is 2. The minimum absolute atomic E-state index is 0.184. The smallest absolute Gasteiger partial charge is 0.457 e. The molecule has 5 saturated carbocycles. The Morgan fingerprint density at radius 2 is 1.72 bits per heavy atom. The summed E-state index contributed by atoms with van der Waals surface area (Å²) in [6.07, 6.45) is 6.34. The van der Waals surface area contributed by atoms with Gasteiger partial charge in [0.2, 0.25) is 0 Å². The topological polar surface area (TPSA) is 135 Å². The molecule has 13 heteroatoms. The van der Waals surface area contributed by atoms with Gasteiger partial charge in [0.1, 0.15) is 24.4 Å². The number of hydrogen-bond acceptors (Lipinski definition) is 9. The first-order chi connectivity index (χ1) is 16.9. The van der Waals surface area contributed by atoms with E-state index in [2.05, 4.69) is 0 Å². The third-order valence-corrected chi connectivity index (χ3v) is 9.13. The highest BCUT2D eigenvalue weighted by molar-refractivity contribution is 7.87. The number of hydrogen-bond donors (Lipinski definition) is 1. The third kappa shape index (κ3) is 5.01. The predicted molar refractivity (Wildman–Crippen MR) is 116 cm³/mol. The number of alkyl halides is 2. The summed E-state index contributed by atoms with van der Waals surface area (Å²) in [5.41, 5.74) is -0.787. The van der Waals surface area contributed by atoms with Crippen molar-refractivity contribution in [1.29, 1.82) is 0 Å². The maximum Gasteiger partial charge on any atom is 0.465 e. The molecule has 0 amide bonds. The van der Waals surface area contributed by atoms with Crippen LogP contribution in [0.2, 0.25) is 0 Å². The second-order valence-corrected chi connectivity index (χ2v) is 12.5. The molecule has 204 valence electrons. The van der Waals surface area contributed by atoms with Crippen LogP contribution in [0.25, 0.3) is 0 Å². The maximum atomic E-state index is 13.7. The minimum atomic E-state index is -5.94. The first-order valence-corrected chi connectivity index (χ1v) is 14.0. The van der Waals surface area contributed by atoms with Crippen molar-refractivity contribution in [3.8, 4) is 0 Å². The molecule has 1 aliphatic heterocycles. The fourth-order valence-electron chi connectivity index (χ4n) is 7.11. The number of ether oxygens (including phenoxy) is 5. The van der Waals surface area contributed by atoms with Gasteiger partial charge in [-0.2, -0.15) is 17.2 Å². The molecule has 10 nitrogen and oxygen atoms in total. The zero-order valence-corrected chi connectivity index (χ0v) is 20.7. The van der Waals surface area contributed by atoms with Crippen LogP contribution in [0.4, 0.5) is 8.78 Å². The lowest BCUT2D eigenvalue weighted by atomic mass is 9.53. The van der Waals surface area contributed by atoms with Crippen molar-refractivity contribution in [2.45, 2.75) is 93.1 Å². The molecule has 4 bridgehead atoms. The number of carbonyl (C=O) groups excluding carboxylic acids is 2. The molecule has 6 aliphatic rings. The molecule has 36 heavy (non-hydrogen) atoms. The molecule has 6 rings (SSSR count). The summed E-state index contributed by atoms with van der Waals surface area (Å²) in [4.78, 5) is 24.5. The van der Waals surface area contributed by atoms with Crippen LogP contribution in [-0.2, 0) is 43.4 Å². The molecule has 3 atom stereocenters. The number of rotatable bonds is 8. The van der Waals surface area contributed by atoms with Crippen LogP contribution in [0, 0.1) is 17.8 Å². The summed E-state index contributed by atoms with van der Waals surface area (Å²) in [5.74, 6) is -3.84. The third-order valence-electron chi connectivity index (χ3n) is 8.32. The van der Waals surface area contributed by atoms with Crippen molar-refractivity contribution in [3.63, 3.8) is 0 Å². The van der Waals surface area contributed by atoms with Gasteiger partial charge in [-0.1, -0.05) is 6.42 Å². The van der Waals surface area contributed by atoms with E-state index in [1.54, 1.807) is 0 Å². The highest BCUT2D eigenvalue weighted by atomic mass is 32.2. The van der Waals surface area contributed by atoms with Crippen LogP contribution in [0.5, 0.6) is 0 Å². The minimum Gasteiger partial charge on any atom is -0.457 e. The number of esters is 2. The van der Waals surface area contributed by atoms with Crippen molar-refractivity contribution in [1.82, 2.24) is 0 Å². The van der Waals surface area contributed by atoms with Crippen LogP contribution in [0.3, 0.4) is 0 Å². The van der Waals surface area contributed by atoms with E-state index in [9.17, 15) is 26.8 Å². The van der Waals surface area contributed by atoms with E-state index in [1.165, 1.54) is 6.42 Å². The fraction of sp³-hybridized carbons (Fsp3) is 0.913. The van der Waals surface area contributed by atoms with Gasteiger partial charge in [-0.3, -0.25) is 4.55 Å². The van der Waals surface area contributed by atoms with Gasteiger partial charge in [0.25, 0.3) is 0 Å². The molecule has 3 unspecified atom stereocenters. The van der Waals surface area contributed by atoms with Crippen LogP contribution >= 0.6 is 0 Å². The molecule has 0 aromatic carbocycles. The van der Waals surface area contributed by atoms with Crippen LogP contribution < -0.4 is 0 Å². The van der Waals surface area contributed by atoms with E-state index >= 15 is 0 Å². The second-order valence-electron chi connectivity index (χ2n) is 11.0. The van der Waals surface area contributed by atoms with E-state index in [0.717, 1.165) is 25.7 Å². The molecule has 1 N–H and O–H groups in total. The van der Waals surface area contributed by atoms with Gasteiger partial charge in [0, 0.05) is 24.7 Å². The Labute approximate surface area is 208 Å². The summed E-state index contributed by atoms with van der Waals surface area (Å²) < 4.78 is 86.1. The summed E-state index contributed by atoms with van der Waals surface area (Å²) in [6.45, 7) is 0.367. The molecular formula is C23H32F2O10S. The molecule has 0 radical (unpaired) electrons. The van der Waals surface area contributed by atoms with E-state index in [-0.39, 0.29) is 37.1 Å². The van der Waals surface area contributed by atoms with Gasteiger partial charge in [-0.25, -0.2) is 9.59 Å². The Bertz CT molecular complexity index is 963. The van der Waals surface area contributed by atoms with Gasteiger partial charge in [0.15, 0.2) is 5.79 Å². The molecule has 0 aromatic rings. The van der Waals surface area contributed by atoms with E-state index in [4.69, 9.17) is 28.2 Å². The zero-order chi connectivity index (χ0) is 25.8. The summed E-state index contributed by atoms with van der Waals surface area (Å²) in [6, 6.07) is 0. The van der Waals surface area contributed by atoms with Crippen LogP contribution in [-0.4, -0.2) is 73.6 Å². The predicted octanol–water partition coefficient (Wildman–Crippen LogP) is 2.59. The van der Waals surface area contributed by atoms with E-state index < -0.39 is 44.8 Å². The lowest BCUT2D eigenvalue weighted by molar-refractivity contribution is -0.223. The van der Waals surface area contributed by atoms with Crippen LogP contribution in [0.1, 0.15) is 64.2 Å². The lowest BCUT2D eigenvalue weighted by Gasteiger charge is -2.58. The highest BCUT2D eigenvalue weighted by Crippen LogP contribution is 2.58. The molecular weight excluding hydrogens is 506 g/mol. The summed E-state index contributed by atoms with van der Waals surface area (Å²) >= 11 is 0. The average Bonchev–Trinajstić information content (AvgIpc) is 3.16. The van der Waals surface area contributed by atoms with Gasteiger partial charge in [-0.05, 0) is 50.9 Å². The molecule has 6 fully saturated rings. The Hall–Kier alpha value is -1.41. The molecule has 1 spiro atoms. The monoisotopic (exact) mass is 538 g/mol. The summed E-state index contributed by atoms with van der Waals surface area (Å²) in [5, 5.41) is -5.03. The lowest BCUT2D eigenvalue weighted by Crippen LogP contribution is -2.60. The standard InChI is InChI=1S/C23H32F2O10S/c24-23(25,36(28,29)30)20(27)33-19-15-6-14-7-16(19)10-21(8-14,9-15)35-18(26)13-31-11-17-12-32-22(34-17)4-2-1-3-5-22/h14-17,19H,1-13H2,(H,28,29,30). The Balaban J connectivity index is 1.11. The van der Waals surface area contributed by atoms with Crippen molar-refractivity contribution in [2.24, 2.45) is 17.8 Å². The largest absolute Gasteiger partial charge is 0.465 e. The average molecular weight is 539 g/mol. The maximum absolute atomic E-state index is 13.7. The van der Waals surface area contributed by atoms with Crippen LogP contribution in [0.15, 0.2) is 0 Å². The summed E-state index contributed by atoms with van der Waals surface area (Å²) in [7, 11) is -5.94. The molecule has 0 aromatic heterocycles. The Kier molecular flexibility index (Phi) is 6.85. The quantitative estimate of drug-likeness (QED) is 0.363. The Morgan fingerprint density at radius 1 is 1.06 bits per heavy atom. The van der Waals surface area contributed by atoms with Gasteiger partial charge in [-0.15, -0.1) is 0 Å².